The molecule has 3 atom stereocenters. The smallest absolute Gasteiger partial charge is 0.100 e. The van der Waals surface area contributed by atoms with Gasteiger partial charge in [-0.2, -0.15) is 0 Å². The van der Waals surface area contributed by atoms with Crippen molar-refractivity contribution in [2.45, 2.75) is 39.3 Å². The highest BCUT2D eigenvalue weighted by Crippen LogP contribution is 2.46. The second-order valence-electron chi connectivity index (χ2n) is 4.20. The van der Waals surface area contributed by atoms with E-state index in [1.54, 1.807) is 6.20 Å². The number of aliphatic hydroxyl groups is 1. The van der Waals surface area contributed by atoms with Gasteiger partial charge in [-0.05, 0) is 24.7 Å². The van der Waals surface area contributed by atoms with Crippen molar-refractivity contribution in [1.82, 2.24) is 15.0 Å². The monoisotopic (exact) mass is 195 g/mol. The first-order valence-corrected chi connectivity index (χ1v) is 5.30. The zero-order valence-electron chi connectivity index (χ0n) is 8.72. The summed E-state index contributed by atoms with van der Waals surface area (Å²) in [4.78, 5) is 0. The van der Waals surface area contributed by atoms with E-state index < -0.39 is 0 Å². The highest BCUT2D eigenvalue weighted by molar-refractivity contribution is 5.06. The topological polar surface area (TPSA) is 50.9 Å². The molecule has 14 heavy (non-hydrogen) atoms. The fraction of sp³-hybridized carbons (Fsp3) is 0.800. The molecule has 1 aliphatic carbocycles. The molecule has 1 N–H and O–H groups in total. The molecule has 0 aromatic carbocycles. The number of hydrogen-bond donors (Lipinski definition) is 1. The van der Waals surface area contributed by atoms with Crippen molar-refractivity contribution < 1.29 is 5.11 Å². The van der Waals surface area contributed by atoms with Crippen molar-refractivity contribution in [3.63, 3.8) is 0 Å². The molecule has 4 heteroatoms. The average Bonchev–Trinajstić information content (AvgIpc) is 2.72. The minimum atomic E-state index is -0.369. The van der Waals surface area contributed by atoms with Gasteiger partial charge in [0, 0.05) is 6.54 Å². The number of rotatable bonds is 4. The molecule has 1 aromatic heterocycles. The Labute approximate surface area is 83.9 Å². The van der Waals surface area contributed by atoms with Gasteiger partial charge in [-0.1, -0.05) is 19.1 Å². The molecule has 1 heterocycles. The molecular weight excluding hydrogens is 178 g/mol. The van der Waals surface area contributed by atoms with Crippen LogP contribution in [0, 0.1) is 11.8 Å². The van der Waals surface area contributed by atoms with Gasteiger partial charge < -0.3 is 5.11 Å². The maximum absolute atomic E-state index is 10.0. The molecule has 1 fully saturated rings. The maximum Gasteiger partial charge on any atom is 0.100 e. The summed E-state index contributed by atoms with van der Waals surface area (Å²) in [6, 6.07) is 0. The number of aryl methyl sites for hydroxylation is 1. The molecule has 0 saturated heterocycles. The van der Waals surface area contributed by atoms with Gasteiger partial charge in [-0.25, -0.2) is 4.68 Å². The first-order chi connectivity index (χ1) is 6.74. The summed E-state index contributed by atoms with van der Waals surface area (Å²) in [6.45, 7) is 5.10. The minimum Gasteiger partial charge on any atom is -0.386 e. The molecule has 1 aliphatic rings. The SMILES string of the molecule is CCCn1nncc1C(O)C1CC1C. The largest absolute Gasteiger partial charge is 0.386 e. The quantitative estimate of drug-likeness (QED) is 0.789. The third-order valence-electron chi connectivity index (χ3n) is 2.96. The lowest BCUT2D eigenvalue weighted by atomic mass is 10.1. The zero-order chi connectivity index (χ0) is 10.1. The standard InChI is InChI=1S/C10H17N3O/c1-3-4-13-9(6-11-12-13)10(14)8-5-7(8)2/h6-8,10,14H,3-5H2,1-2H3. The summed E-state index contributed by atoms with van der Waals surface area (Å²) >= 11 is 0. The van der Waals surface area contributed by atoms with Gasteiger partial charge in [-0.3, -0.25) is 0 Å². The second kappa shape index (κ2) is 3.69. The highest BCUT2D eigenvalue weighted by atomic mass is 16.3. The molecule has 1 saturated carbocycles. The van der Waals surface area contributed by atoms with Crippen LogP contribution in [0.5, 0.6) is 0 Å². The molecule has 0 bridgehead atoms. The van der Waals surface area contributed by atoms with Crippen LogP contribution in [-0.2, 0) is 6.54 Å². The van der Waals surface area contributed by atoms with Crippen LogP contribution in [0.2, 0.25) is 0 Å². The van der Waals surface area contributed by atoms with E-state index in [1.807, 2.05) is 4.68 Å². The lowest BCUT2D eigenvalue weighted by Crippen LogP contribution is -2.11. The van der Waals surface area contributed by atoms with Gasteiger partial charge in [0.1, 0.15) is 6.10 Å². The molecule has 0 aliphatic heterocycles. The molecule has 1 aromatic rings. The van der Waals surface area contributed by atoms with Crippen LogP contribution >= 0.6 is 0 Å². The van der Waals surface area contributed by atoms with E-state index in [0.717, 1.165) is 25.1 Å². The summed E-state index contributed by atoms with van der Waals surface area (Å²) in [5.41, 5.74) is 0.876. The molecule has 0 spiro atoms. The lowest BCUT2D eigenvalue weighted by Gasteiger charge is -2.10. The molecule has 0 amide bonds. The zero-order valence-corrected chi connectivity index (χ0v) is 8.72. The number of aromatic nitrogens is 3. The number of aliphatic hydroxyl groups excluding tert-OH is 1. The Morgan fingerprint density at radius 2 is 2.43 bits per heavy atom. The summed E-state index contributed by atoms with van der Waals surface area (Å²) in [5.74, 6) is 1.07. The molecule has 4 nitrogen and oxygen atoms in total. The molecular formula is C10H17N3O. The first kappa shape index (κ1) is 9.65. The number of hydrogen-bond acceptors (Lipinski definition) is 3. The minimum absolute atomic E-state index is 0.369. The Morgan fingerprint density at radius 3 is 3.00 bits per heavy atom. The van der Waals surface area contributed by atoms with Crippen LogP contribution in [0.15, 0.2) is 6.20 Å². The third-order valence-corrected chi connectivity index (χ3v) is 2.96. The van der Waals surface area contributed by atoms with Crippen LogP contribution < -0.4 is 0 Å². The van der Waals surface area contributed by atoms with Crippen molar-refractivity contribution in [2.24, 2.45) is 11.8 Å². The van der Waals surface area contributed by atoms with E-state index in [2.05, 4.69) is 24.2 Å². The van der Waals surface area contributed by atoms with E-state index in [1.165, 1.54) is 0 Å². The van der Waals surface area contributed by atoms with E-state index >= 15 is 0 Å². The van der Waals surface area contributed by atoms with Crippen molar-refractivity contribution in [1.29, 1.82) is 0 Å². The predicted octanol–water partition coefficient (Wildman–Crippen LogP) is 1.38. The summed E-state index contributed by atoms with van der Waals surface area (Å²) in [6.07, 6.45) is 3.46. The van der Waals surface area contributed by atoms with Crippen molar-refractivity contribution in [3.05, 3.63) is 11.9 Å². The van der Waals surface area contributed by atoms with Gasteiger partial charge in [0.2, 0.25) is 0 Å². The lowest BCUT2D eigenvalue weighted by molar-refractivity contribution is 0.137. The van der Waals surface area contributed by atoms with Crippen LogP contribution in [0.1, 0.15) is 38.5 Å². The van der Waals surface area contributed by atoms with Crippen molar-refractivity contribution in [2.75, 3.05) is 0 Å². The maximum atomic E-state index is 10.0. The van der Waals surface area contributed by atoms with Crippen LogP contribution in [0.25, 0.3) is 0 Å². The van der Waals surface area contributed by atoms with E-state index in [0.29, 0.717) is 11.8 Å². The highest BCUT2D eigenvalue weighted by Gasteiger charge is 2.40. The second-order valence-corrected chi connectivity index (χ2v) is 4.20. The average molecular weight is 195 g/mol. The number of nitrogens with zero attached hydrogens (tertiary/aromatic N) is 3. The molecule has 3 unspecified atom stereocenters. The summed E-state index contributed by atoms with van der Waals surface area (Å²) < 4.78 is 1.82. The van der Waals surface area contributed by atoms with Gasteiger partial charge in [0.25, 0.3) is 0 Å². The van der Waals surface area contributed by atoms with Gasteiger partial charge >= 0.3 is 0 Å². The van der Waals surface area contributed by atoms with E-state index in [4.69, 9.17) is 0 Å². The van der Waals surface area contributed by atoms with Crippen molar-refractivity contribution in [3.8, 4) is 0 Å². The molecule has 2 rings (SSSR count). The van der Waals surface area contributed by atoms with Gasteiger partial charge in [-0.15, -0.1) is 5.10 Å². The molecule has 78 valence electrons. The molecule has 0 radical (unpaired) electrons. The fourth-order valence-corrected chi connectivity index (χ4v) is 1.89. The van der Waals surface area contributed by atoms with E-state index in [9.17, 15) is 5.11 Å². The Bertz CT molecular complexity index is 310. The summed E-state index contributed by atoms with van der Waals surface area (Å²) in [7, 11) is 0. The summed E-state index contributed by atoms with van der Waals surface area (Å²) in [5, 5.41) is 17.8. The van der Waals surface area contributed by atoms with Crippen LogP contribution in [-0.4, -0.2) is 20.1 Å². The van der Waals surface area contributed by atoms with Gasteiger partial charge in [0.15, 0.2) is 0 Å². The first-order valence-electron chi connectivity index (χ1n) is 5.30. The normalized spacial score (nSPS) is 27.6. The Morgan fingerprint density at radius 1 is 1.71 bits per heavy atom. The Kier molecular flexibility index (Phi) is 2.54. The Hall–Kier alpha value is -0.900. The van der Waals surface area contributed by atoms with E-state index in [-0.39, 0.29) is 6.10 Å². The third kappa shape index (κ3) is 1.66. The van der Waals surface area contributed by atoms with Crippen LogP contribution in [0.3, 0.4) is 0 Å². The van der Waals surface area contributed by atoms with Crippen LogP contribution in [0.4, 0.5) is 0 Å². The fourth-order valence-electron chi connectivity index (χ4n) is 1.89. The Balaban J connectivity index is 2.10. The van der Waals surface area contributed by atoms with Gasteiger partial charge in [0.05, 0.1) is 11.9 Å². The predicted molar refractivity (Wildman–Crippen MR) is 52.5 cm³/mol. The van der Waals surface area contributed by atoms with Crippen molar-refractivity contribution >= 4 is 0 Å².